The summed E-state index contributed by atoms with van der Waals surface area (Å²) in [5.41, 5.74) is 8.27. The Morgan fingerprint density at radius 1 is 1.42 bits per heavy atom. The number of rotatable bonds is 1. The molecule has 3 rings (SSSR count). The van der Waals surface area contributed by atoms with E-state index in [1.54, 1.807) is 4.90 Å². The Morgan fingerprint density at radius 2 is 2.17 bits per heavy atom. The molecule has 0 bridgehead atoms. The summed E-state index contributed by atoms with van der Waals surface area (Å²) in [5, 5.41) is 10.6. The van der Waals surface area contributed by atoms with E-state index in [0.29, 0.717) is 25.3 Å². The van der Waals surface area contributed by atoms with Gasteiger partial charge in [-0.2, -0.15) is 0 Å². The number of ether oxygens (including phenoxy) is 2. The molecule has 0 aromatic heterocycles. The Balaban J connectivity index is 1.73. The first-order valence-corrected chi connectivity index (χ1v) is 8.46. The van der Waals surface area contributed by atoms with Crippen LogP contribution in [0.2, 0.25) is 0 Å². The first-order chi connectivity index (χ1) is 11.3. The monoisotopic (exact) mass is 334 g/mol. The first-order valence-electron chi connectivity index (χ1n) is 8.46. The van der Waals surface area contributed by atoms with Crippen molar-refractivity contribution < 1.29 is 19.4 Å². The Kier molecular flexibility index (Phi) is 4.34. The molecule has 2 unspecified atom stereocenters. The number of β-amino-alcohol motifs (C(OH)–C–C–N with tert-alkyl or cyclic N) is 1. The summed E-state index contributed by atoms with van der Waals surface area (Å²) in [7, 11) is 0. The lowest BCUT2D eigenvalue weighted by Crippen LogP contribution is -2.47. The van der Waals surface area contributed by atoms with Gasteiger partial charge >= 0.3 is 6.09 Å². The van der Waals surface area contributed by atoms with Crippen LogP contribution in [0.1, 0.15) is 44.2 Å². The predicted molar refractivity (Wildman–Crippen MR) is 91.2 cm³/mol. The zero-order chi connectivity index (χ0) is 17.5. The Hall–Kier alpha value is -1.95. The number of likely N-dealkylation sites (tertiary alicyclic amines) is 1. The number of nitrogens with two attached hydrogens (primary N) is 1. The van der Waals surface area contributed by atoms with E-state index < -0.39 is 11.7 Å². The minimum atomic E-state index is -0.625. The number of anilines is 1. The molecule has 2 aliphatic heterocycles. The van der Waals surface area contributed by atoms with Crippen LogP contribution in [0.15, 0.2) is 12.1 Å². The molecule has 1 fully saturated rings. The average Bonchev–Trinajstić information content (AvgIpc) is 2.97. The van der Waals surface area contributed by atoms with Crippen molar-refractivity contribution in [2.45, 2.75) is 51.2 Å². The zero-order valence-corrected chi connectivity index (χ0v) is 14.5. The minimum absolute atomic E-state index is 0.0141. The van der Waals surface area contributed by atoms with Crippen molar-refractivity contribution in [2.75, 3.05) is 25.4 Å². The van der Waals surface area contributed by atoms with Crippen LogP contribution in [0, 0.1) is 0 Å². The smallest absolute Gasteiger partial charge is 0.410 e. The number of amides is 1. The third-order valence-electron chi connectivity index (χ3n) is 4.56. The van der Waals surface area contributed by atoms with Gasteiger partial charge in [-0.3, -0.25) is 0 Å². The fraction of sp³-hybridized carbons (Fsp3) is 0.611. The minimum Gasteiger partial charge on any atom is -0.491 e. The van der Waals surface area contributed by atoms with Gasteiger partial charge < -0.3 is 25.2 Å². The molecule has 2 aliphatic rings. The van der Waals surface area contributed by atoms with Gasteiger partial charge in [0.05, 0.1) is 24.9 Å². The van der Waals surface area contributed by atoms with Crippen LogP contribution >= 0.6 is 0 Å². The summed E-state index contributed by atoms with van der Waals surface area (Å²) >= 11 is 0. The van der Waals surface area contributed by atoms with Gasteiger partial charge in [-0.1, -0.05) is 6.07 Å². The number of aliphatic hydroxyl groups is 1. The number of hydrogen-bond acceptors (Lipinski definition) is 5. The van der Waals surface area contributed by atoms with Gasteiger partial charge in [-0.25, -0.2) is 4.79 Å². The van der Waals surface area contributed by atoms with Gasteiger partial charge in [0, 0.05) is 24.4 Å². The number of piperidine rings is 1. The largest absolute Gasteiger partial charge is 0.491 e. The van der Waals surface area contributed by atoms with E-state index in [1.165, 1.54) is 0 Å². The molecular formula is C18H26N2O4. The number of aliphatic hydroxyl groups excluding tert-OH is 1. The molecule has 24 heavy (non-hydrogen) atoms. The number of hydrogen-bond donors (Lipinski definition) is 2. The highest BCUT2D eigenvalue weighted by Crippen LogP contribution is 2.40. The lowest BCUT2D eigenvalue weighted by Gasteiger charge is -2.37. The molecule has 1 saturated heterocycles. The second-order valence-corrected chi connectivity index (χ2v) is 7.54. The summed E-state index contributed by atoms with van der Waals surface area (Å²) < 4.78 is 11.0. The summed E-state index contributed by atoms with van der Waals surface area (Å²) in [6.45, 7) is 6.99. The molecule has 0 radical (unpaired) electrons. The van der Waals surface area contributed by atoms with Crippen molar-refractivity contribution in [2.24, 2.45) is 0 Å². The summed E-state index contributed by atoms with van der Waals surface area (Å²) in [4.78, 5) is 13.8. The maximum atomic E-state index is 12.2. The van der Waals surface area contributed by atoms with Crippen LogP contribution in [-0.2, 0) is 11.2 Å². The average molecular weight is 334 g/mol. The first kappa shape index (κ1) is 16.9. The van der Waals surface area contributed by atoms with Gasteiger partial charge in [0.2, 0.25) is 0 Å². The number of carbonyl (C=O) groups is 1. The molecule has 6 heteroatoms. The number of nitrogen functional groups attached to an aromatic ring is 1. The van der Waals surface area contributed by atoms with Crippen LogP contribution < -0.4 is 10.5 Å². The van der Waals surface area contributed by atoms with Crippen molar-refractivity contribution in [3.8, 4) is 5.75 Å². The lowest BCUT2D eigenvalue weighted by molar-refractivity contribution is -0.00157. The fourth-order valence-corrected chi connectivity index (χ4v) is 3.48. The Morgan fingerprint density at radius 3 is 2.83 bits per heavy atom. The highest BCUT2D eigenvalue weighted by Gasteiger charge is 2.35. The molecule has 0 aliphatic carbocycles. The van der Waals surface area contributed by atoms with Crippen molar-refractivity contribution in [1.29, 1.82) is 0 Å². The van der Waals surface area contributed by atoms with Gasteiger partial charge in [0.1, 0.15) is 11.4 Å². The molecule has 0 saturated carbocycles. The second kappa shape index (κ2) is 6.16. The van der Waals surface area contributed by atoms with Crippen molar-refractivity contribution >= 4 is 11.8 Å². The molecule has 0 spiro atoms. The highest BCUT2D eigenvalue weighted by molar-refractivity contribution is 5.68. The summed E-state index contributed by atoms with van der Waals surface area (Å²) in [5.74, 6) is 0.744. The van der Waals surface area contributed by atoms with Gasteiger partial charge in [-0.05, 0) is 38.8 Å². The van der Waals surface area contributed by atoms with E-state index in [9.17, 15) is 9.90 Å². The molecule has 132 valence electrons. The van der Waals surface area contributed by atoms with Crippen LogP contribution in [0.4, 0.5) is 10.5 Å². The normalized spacial score (nSPS) is 23.6. The molecule has 1 aromatic rings. The quantitative estimate of drug-likeness (QED) is 0.770. The van der Waals surface area contributed by atoms with Gasteiger partial charge in [0.25, 0.3) is 0 Å². The molecule has 1 amide bonds. The van der Waals surface area contributed by atoms with Crippen LogP contribution in [0.25, 0.3) is 0 Å². The van der Waals surface area contributed by atoms with E-state index in [2.05, 4.69) is 0 Å². The Bertz CT molecular complexity index is 639. The lowest BCUT2D eigenvalue weighted by atomic mass is 9.83. The SMILES string of the molecule is CC(C)(C)OC(=O)N1CCC(c2ccc(N)c3c2CCO3)C(O)C1. The molecule has 2 heterocycles. The van der Waals surface area contributed by atoms with Crippen LogP contribution in [-0.4, -0.2) is 47.5 Å². The predicted octanol–water partition coefficient (Wildman–Crippen LogP) is 2.29. The van der Waals surface area contributed by atoms with Crippen molar-refractivity contribution in [3.63, 3.8) is 0 Å². The van der Waals surface area contributed by atoms with Crippen molar-refractivity contribution in [3.05, 3.63) is 23.3 Å². The Labute approximate surface area is 142 Å². The molecular weight excluding hydrogens is 308 g/mol. The highest BCUT2D eigenvalue weighted by atomic mass is 16.6. The van der Waals surface area contributed by atoms with E-state index in [1.807, 2.05) is 32.9 Å². The number of fused-ring (bicyclic) bond motifs is 1. The third kappa shape index (κ3) is 3.29. The van der Waals surface area contributed by atoms with E-state index in [-0.39, 0.29) is 18.6 Å². The topological polar surface area (TPSA) is 85.0 Å². The number of benzene rings is 1. The molecule has 6 nitrogen and oxygen atoms in total. The second-order valence-electron chi connectivity index (χ2n) is 7.54. The molecule has 1 aromatic carbocycles. The van der Waals surface area contributed by atoms with E-state index >= 15 is 0 Å². The van der Waals surface area contributed by atoms with E-state index in [0.717, 1.165) is 23.3 Å². The number of nitrogens with zero attached hydrogens (tertiary/aromatic N) is 1. The third-order valence-corrected chi connectivity index (χ3v) is 4.56. The number of carbonyl (C=O) groups excluding carboxylic acids is 1. The van der Waals surface area contributed by atoms with Crippen LogP contribution in [0.5, 0.6) is 5.75 Å². The molecule has 2 atom stereocenters. The zero-order valence-electron chi connectivity index (χ0n) is 14.5. The van der Waals surface area contributed by atoms with Gasteiger partial charge in [-0.15, -0.1) is 0 Å². The maximum Gasteiger partial charge on any atom is 0.410 e. The summed E-state index contributed by atoms with van der Waals surface area (Å²) in [6.07, 6.45) is 0.510. The fourth-order valence-electron chi connectivity index (χ4n) is 3.48. The standard InChI is InChI=1S/C18H26N2O4/c1-18(2,3)24-17(22)20-8-6-12(15(21)10-20)11-4-5-14(19)16-13(11)7-9-23-16/h4-5,12,15,21H,6-10,19H2,1-3H3. The molecule has 3 N–H and O–H groups in total. The van der Waals surface area contributed by atoms with Gasteiger partial charge in [0.15, 0.2) is 0 Å². The van der Waals surface area contributed by atoms with Crippen molar-refractivity contribution in [1.82, 2.24) is 4.90 Å². The maximum absolute atomic E-state index is 12.2. The summed E-state index contributed by atoms with van der Waals surface area (Å²) in [6, 6.07) is 3.83. The van der Waals surface area contributed by atoms with Crippen LogP contribution in [0.3, 0.4) is 0 Å². The van der Waals surface area contributed by atoms with E-state index in [4.69, 9.17) is 15.2 Å².